The quantitative estimate of drug-likeness (QED) is 0.0694. The molecule has 0 aromatic heterocycles. The fourth-order valence-corrected chi connectivity index (χ4v) is 6.12. The van der Waals surface area contributed by atoms with Crippen LogP contribution >= 0.6 is 0 Å². The predicted molar refractivity (Wildman–Crippen MR) is 172 cm³/mol. The summed E-state index contributed by atoms with van der Waals surface area (Å²) in [5.74, 6) is -90.4. The van der Waals surface area contributed by atoms with Crippen LogP contribution in [0.25, 0.3) is 0 Å². The largest absolute Gasteiger partial charge is 1.00 e. The zero-order valence-electron chi connectivity index (χ0n) is 32.4. The molecule has 71 heavy (non-hydrogen) atoms. The molecule has 1 nitrogen and oxygen atoms in total. The van der Waals surface area contributed by atoms with Gasteiger partial charge in [0.15, 0.2) is 175 Å². The molecule has 0 radical (unpaired) electrons. The van der Waals surface area contributed by atoms with Crippen molar-refractivity contribution in [3.8, 4) is 0 Å². The Hall–Kier alpha value is -5.52. The van der Waals surface area contributed by atoms with Crippen LogP contribution in [0.4, 0.5) is 132 Å². The number of hydrogen-bond acceptors (Lipinski definition) is 1. The molecule has 6 aromatic carbocycles. The van der Waals surface area contributed by atoms with Crippen molar-refractivity contribution < 1.29 is 183 Å². The topological polar surface area (TPSA) is 23.8 Å². The van der Waals surface area contributed by atoms with Crippen molar-refractivity contribution in [1.29, 1.82) is 5.26 Å². The fraction of sp³-hybridized carbons (Fsp3) is 0. The maximum Gasteiger partial charge on any atom is 1.00 e. The first-order valence-corrected chi connectivity index (χ1v) is 16.6. The van der Waals surface area contributed by atoms with E-state index in [1.165, 1.54) is 0 Å². The zero-order valence-corrected chi connectivity index (χ0v) is 35.6. The van der Waals surface area contributed by atoms with Gasteiger partial charge >= 0.3 is 51.4 Å². The molecule has 370 valence electrons. The molecule has 6 rings (SSSR count). The first-order chi connectivity index (χ1) is 32.3. The van der Waals surface area contributed by atoms with E-state index in [0.717, 1.165) is 0 Å². The summed E-state index contributed by atoms with van der Waals surface area (Å²) in [6.07, 6.45) is 0. The summed E-state index contributed by atoms with van der Waals surface area (Å²) in [7, 11) is 0. The molecule has 0 saturated carbocycles. The van der Waals surface area contributed by atoms with E-state index in [0.29, 0.717) is 0 Å². The minimum Gasteiger partial charge on any atom is -0.512 e. The maximum absolute atomic E-state index is 14.4. The Morgan fingerprint density at radius 2 is 0.211 bits per heavy atom. The second-order valence-corrected chi connectivity index (χ2v) is 12.8. The summed E-state index contributed by atoms with van der Waals surface area (Å²) in [6.45, 7) is -3.17. The summed E-state index contributed by atoms with van der Waals surface area (Å²) < 4.78 is 417. The smallest absolute Gasteiger partial charge is 0.512 e. The van der Waals surface area contributed by atoms with Crippen LogP contribution in [0.2, 0.25) is 0 Å². The van der Waals surface area contributed by atoms with Crippen molar-refractivity contribution in [1.82, 2.24) is 0 Å². The minimum atomic E-state index is -3.96. The Kier molecular flexibility index (Phi) is 18.6. The van der Waals surface area contributed by atoms with Gasteiger partial charge in [-0.15, -0.1) is 0 Å². The van der Waals surface area contributed by atoms with Gasteiger partial charge in [0.05, 0.1) is 0 Å². The van der Waals surface area contributed by atoms with Gasteiger partial charge in [0.25, 0.3) is 13.4 Å². The molecule has 0 saturated heterocycles. The first-order valence-electron chi connectivity index (χ1n) is 16.6. The monoisotopic (exact) mass is 1090 g/mol. The SMILES string of the molecule is Fc1c(F)c(F)c(B(c2c(F)c(F)c(F)c(F)c2F)c2c(F)c(F)c(F)c(F)c2F)c(F)c1F.Fc1c(F)c(F)c(B(c2c(F)c(F)c(F)c(F)c2F)c2c(F)c(F)c(F)c(F)c2F)c(F)c1F.[C-]#N.[K+]. The van der Waals surface area contributed by atoms with Crippen LogP contribution in [-0.4, -0.2) is 13.4 Å². The van der Waals surface area contributed by atoms with Gasteiger partial charge in [0, 0.05) is 32.8 Å². The van der Waals surface area contributed by atoms with E-state index in [1.807, 2.05) is 0 Å². The van der Waals surface area contributed by atoms with Crippen molar-refractivity contribution in [2.75, 3.05) is 0 Å². The second-order valence-electron chi connectivity index (χ2n) is 12.8. The van der Waals surface area contributed by atoms with Crippen molar-refractivity contribution in [2.24, 2.45) is 0 Å². The molecule has 0 fully saturated rings. The molecule has 0 bridgehead atoms. The van der Waals surface area contributed by atoms with Gasteiger partial charge in [-0.1, -0.05) is 0 Å². The van der Waals surface area contributed by atoms with E-state index in [4.69, 9.17) is 11.8 Å². The molecule has 0 N–H and O–H groups in total. The van der Waals surface area contributed by atoms with Crippen molar-refractivity contribution in [2.45, 2.75) is 0 Å². The summed E-state index contributed by atoms with van der Waals surface area (Å²) in [4.78, 5) is 0. The van der Waals surface area contributed by atoms with Gasteiger partial charge in [-0.2, -0.15) is 0 Å². The number of rotatable bonds is 6. The van der Waals surface area contributed by atoms with Gasteiger partial charge in [-0.05, 0) is 0 Å². The molecule has 0 heterocycles. The summed E-state index contributed by atoms with van der Waals surface area (Å²) >= 11 is 0. The number of nitrogens with zero attached hydrogens (tertiary/aromatic N) is 1. The van der Waals surface area contributed by atoms with Crippen LogP contribution in [0.5, 0.6) is 0 Å². The van der Waals surface area contributed by atoms with Crippen molar-refractivity contribution in [3.63, 3.8) is 0 Å². The van der Waals surface area contributed by atoms with Crippen LogP contribution in [0.15, 0.2) is 0 Å². The van der Waals surface area contributed by atoms with Crippen LogP contribution in [-0.2, 0) is 0 Å². The van der Waals surface area contributed by atoms with Crippen molar-refractivity contribution in [3.05, 3.63) is 181 Å². The minimum absolute atomic E-state index is 0. The third-order valence-electron chi connectivity index (χ3n) is 9.19. The molecule has 0 spiro atoms. The third-order valence-corrected chi connectivity index (χ3v) is 9.19. The standard InChI is InChI=1S/2C18BF15.CN.K/c2*20-4-1(5(21)11(27)16(32)10(4)26)19(2-6(22)12(28)17(33)13(29)7(2)23)3-8(24)14(30)18(34)15(31)9(3)25;1-2;/q;;-1;+1. The van der Waals surface area contributed by atoms with Crippen LogP contribution in [0, 0.1) is 186 Å². The Morgan fingerprint density at radius 3 is 0.282 bits per heavy atom. The average molecular weight is 1090 g/mol. The van der Waals surface area contributed by atoms with Gasteiger partial charge in [-0.3, -0.25) is 0 Å². The Morgan fingerprint density at radius 1 is 0.155 bits per heavy atom. The normalized spacial score (nSPS) is 10.9. The molecule has 6 aromatic rings. The second kappa shape index (κ2) is 22.1. The molecular weight excluding hydrogens is 1090 g/mol. The predicted octanol–water partition coefficient (Wildman–Crippen LogP) is 5.68. The zero-order chi connectivity index (χ0) is 53.9. The van der Waals surface area contributed by atoms with E-state index in [-0.39, 0.29) is 51.4 Å². The Balaban J connectivity index is 0.000000358. The Bertz CT molecular complexity index is 2500. The fourth-order valence-electron chi connectivity index (χ4n) is 6.12. The molecule has 0 aliphatic heterocycles. The van der Waals surface area contributed by atoms with E-state index >= 15 is 0 Å². The van der Waals surface area contributed by atoms with E-state index in [9.17, 15) is 132 Å². The third kappa shape index (κ3) is 9.53. The van der Waals surface area contributed by atoms with Gasteiger partial charge < -0.3 is 11.8 Å². The van der Waals surface area contributed by atoms with Gasteiger partial charge in [0.2, 0.25) is 0 Å². The van der Waals surface area contributed by atoms with Gasteiger partial charge in [0.1, 0.15) is 0 Å². The molecule has 0 aliphatic carbocycles. The van der Waals surface area contributed by atoms with E-state index in [2.05, 4.69) is 0 Å². The summed E-state index contributed by atoms with van der Waals surface area (Å²) in [5.41, 5.74) is -16.1. The molecular formula is C37B2F30KN. The number of hydrogen-bond donors (Lipinski definition) is 0. The van der Waals surface area contributed by atoms with E-state index in [1.54, 1.807) is 0 Å². The molecule has 0 amide bonds. The van der Waals surface area contributed by atoms with Crippen LogP contribution in [0.1, 0.15) is 0 Å². The van der Waals surface area contributed by atoms with E-state index < -0.39 is 221 Å². The maximum atomic E-state index is 14.4. The Labute approximate surface area is 413 Å². The molecule has 0 unspecified atom stereocenters. The summed E-state index contributed by atoms with van der Waals surface area (Å²) in [6, 6.07) is 0. The van der Waals surface area contributed by atoms with Crippen LogP contribution < -0.4 is 84.2 Å². The number of benzene rings is 6. The first kappa shape index (κ1) is 59.8. The van der Waals surface area contributed by atoms with Crippen LogP contribution in [0.3, 0.4) is 0 Å². The van der Waals surface area contributed by atoms with Gasteiger partial charge in [-0.25, -0.2) is 132 Å². The summed E-state index contributed by atoms with van der Waals surface area (Å²) in [5, 5.41) is 6.25. The molecule has 0 aliphatic rings. The molecule has 0 atom stereocenters. The molecule has 34 heteroatoms. The number of halogens is 30. The average Bonchev–Trinajstić information content (AvgIpc) is 3.34. The van der Waals surface area contributed by atoms with Crippen molar-refractivity contribution >= 4 is 46.2 Å².